The van der Waals surface area contributed by atoms with E-state index in [1.54, 1.807) is 12.5 Å². The maximum absolute atomic E-state index is 11.9. The maximum Gasteiger partial charge on any atom is 0.149 e. The minimum absolute atomic E-state index is 0.109. The SMILES string of the molecule is CN(Cc1ccoc1)C1CCCCCC1=O. The summed E-state index contributed by atoms with van der Waals surface area (Å²) in [5.74, 6) is 0.406. The standard InChI is InChI=1S/C13H19NO2/c1-14(9-11-7-8-16-10-11)12-5-3-2-4-6-13(12)15/h7-8,10,12H,2-6,9H2,1H3. The number of carbonyl (C=O) groups excluding carboxylic acids is 1. The molecule has 0 N–H and O–H groups in total. The Labute approximate surface area is 96.4 Å². The van der Waals surface area contributed by atoms with Gasteiger partial charge >= 0.3 is 0 Å². The van der Waals surface area contributed by atoms with Crippen molar-refractivity contribution in [1.82, 2.24) is 4.90 Å². The fraction of sp³-hybridized carbons (Fsp3) is 0.615. The smallest absolute Gasteiger partial charge is 0.149 e. The minimum atomic E-state index is 0.109. The lowest BCUT2D eigenvalue weighted by Gasteiger charge is -2.25. The summed E-state index contributed by atoms with van der Waals surface area (Å²) in [7, 11) is 2.03. The third-order valence-corrected chi connectivity index (χ3v) is 3.32. The Balaban J connectivity index is 1.96. The lowest BCUT2D eigenvalue weighted by molar-refractivity contribution is -0.123. The van der Waals surface area contributed by atoms with Gasteiger partial charge in [-0.05, 0) is 26.0 Å². The van der Waals surface area contributed by atoms with E-state index in [-0.39, 0.29) is 6.04 Å². The van der Waals surface area contributed by atoms with E-state index in [1.165, 1.54) is 12.8 Å². The molecule has 0 radical (unpaired) electrons. The van der Waals surface area contributed by atoms with Gasteiger partial charge in [-0.25, -0.2) is 0 Å². The van der Waals surface area contributed by atoms with Crippen molar-refractivity contribution in [3.05, 3.63) is 24.2 Å². The topological polar surface area (TPSA) is 33.5 Å². The largest absolute Gasteiger partial charge is 0.472 e. The summed E-state index contributed by atoms with van der Waals surface area (Å²) in [4.78, 5) is 14.1. The van der Waals surface area contributed by atoms with E-state index in [2.05, 4.69) is 4.90 Å². The Morgan fingerprint density at radius 3 is 3.06 bits per heavy atom. The van der Waals surface area contributed by atoms with Gasteiger partial charge in [0.15, 0.2) is 0 Å². The maximum atomic E-state index is 11.9. The van der Waals surface area contributed by atoms with E-state index in [0.29, 0.717) is 5.78 Å². The molecular formula is C13H19NO2. The minimum Gasteiger partial charge on any atom is -0.472 e. The molecule has 1 unspecified atom stereocenters. The molecule has 1 aliphatic rings. The van der Waals surface area contributed by atoms with Crippen molar-refractivity contribution in [2.45, 2.75) is 44.7 Å². The number of ketones is 1. The van der Waals surface area contributed by atoms with Crippen LogP contribution in [0, 0.1) is 0 Å². The highest BCUT2D eigenvalue weighted by Gasteiger charge is 2.24. The first-order valence-electron chi connectivity index (χ1n) is 6.01. The van der Waals surface area contributed by atoms with E-state index < -0.39 is 0 Å². The molecule has 0 saturated heterocycles. The highest BCUT2D eigenvalue weighted by atomic mass is 16.3. The molecule has 88 valence electrons. The Hall–Kier alpha value is -1.09. The van der Waals surface area contributed by atoms with Crippen LogP contribution in [0.5, 0.6) is 0 Å². The molecule has 3 nitrogen and oxygen atoms in total. The number of nitrogens with zero attached hydrogens (tertiary/aromatic N) is 1. The molecule has 1 aromatic heterocycles. The zero-order valence-electron chi connectivity index (χ0n) is 9.82. The summed E-state index contributed by atoms with van der Waals surface area (Å²) in [5, 5.41) is 0. The molecule has 1 aromatic rings. The zero-order valence-corrected chi connectivity index (χ0v) is 9.82. The van der Waals surface area contributed by atoms with Gasteiger partial charge in [-0.2, -0.15) is 0 Å². The van der Waals surface area contributed by atoms with Crippen molar-refractivity contribution in [3.63, 3.8) is 0 Å². The van der Waals surface area contributed by atoms with Gasteiger partial charge in [0.2, 0.25) is 0 Å². The Kier molecular flexibility index (Phi) is 3.78. The highest BCUT2D eigenvalue weighted by Crippen LogP contribution is 2.19. The summed E-state index contributed by atoms with van der Waals surface area (Å²) in [6.45, 7) is 0.799. The van der Waals surface area contributed by atoms with Crippen LogP contribution in [-0.2, 0) is 11.3 Å². The van der Waals surface area contributed by atoms with E-state index in [4.69, 9.17) is 4.42 Å². The van der Waals surface area contributed by atoms with Gasteiger partial charge in [0.25, 0.3) is 0 Å². The number of hydrogen-bond acceptors (Lipinski definition) is 3. The quantitative estimate of drug-likeness (QED) is 0.736. The molecule has 1 fully saturated rings. The first-order chi connectivity index (χ1) is 7.77. The van der Waals surface area contributed by atoms with Crippen LogP contribution in [-0.4, -0.2) is 23.8 Å². The van der Waals surface area contributed by atoms with Gasteiger partial charge in [0.1, 0.15) is 5.78 Å². The van der Waals surface area contributed by atoms with Crippen LogP contribution in [0.25, 0.3) is 0 Å². The van der Waals surface area contributed by atoms with Crippen LogP contribution < -0.4 is 0 Å². The van der Waals surface area contributed by atoms with Gasteiger partial charge in [0.05, 0.1) is 18.6 Å². The summed E-state index contributed by atoms with van der Waals surface area (Å²) in [5.41, 5.74) is 1.14. The van der Waals surface area contributed by atoms with E-state index in [1.807, 2.05) is 13.1 Å². The number of Topliss-reactive ketones (excluding diaryl/α,β-unsaturated/α-hetero) is 1. The lowest BCUT2D eigenvalue weighted by Crippen LogP contribution is -2.37. The molecule has 1 aliphatic carbocycles. The molecule has 1 saturated carbocycles. The molecule has 0 amide bonds. The van der Waals surface area contributed by atoms with Crippen LogP contribution in [0.3, 0.4) is 0 Å². The van der Waals surface area contributed by atoms with Crippen molar-refractivity contribution < 1.29 is 9.21 Å². The van der Waals surface area contributed by atoms with Crippen LogP contribution in [0.15, 0.2) is 23.0 Å². The first-order valence-corrected chi connectivity index (χ1v) is 6.01. The van der Waals surface area contributed by atoms with Gasteiger partial charge in [-0.3, -0.25) is 9.69 Å². The average Bonchev–Trinajstić information content (AvgIpc) is 2.66. The molecule has 0 spiro atoms. The second-order valence-corrected chi connectivity index (χ2v) is 4.63. The fourth-order valence-electron chi connectivity index (χ4n) is 2.39. The number of furan rings is 1. The fourth-order valence-corrected chi connectivity index (χ4v) is 2.39. The lowest BCUT2D eigenvalue weighted by atomic mass is 10.1. The summed E-state index contributed by atoms with van der Waals surface area (Å²) in [6.07, 6.45) is 8.62. The second-order valence-electron chi connectivity index (χ2n) is 4.63. The molecule has 0 bridgehead atoms. The number of rotatable bonds is 3. The first kappa shape index (κ1) is 11.4. The predicted molar refractivity (Wildman–Crippen MR) is 62.1 cm³/mol. The number of carbonyl (C=O) groups is 1. The Morgan fingerprint density at radius 1 is 1.44 bits per heavy atom. The molecule has 16 heavy (non-hydrogen) atoms. The summed E-state index contributed by atoms with van der Waals surface area (Å²) >= 11 is 0. The van der Waals surface area contributed by atoms with Crippen molar-refractivity contribution in [2.24, 2.45) is 0 Å². The van der Waals surface area contributed by atoms with Gasteiger partial charge in [-0.1, -0.05) is 12.8 Å². The number of likely N-dealkylation sites (N-methyl/N-ethyl adjacent to an activating group) is 1. The van der Waals surface area contributed by atoms with E-state index >= 15 is 0 Å². The van der Waals surface area contributed by atoms with Crippen LogP contribution in [0.2, 0.25) is 0 Å². The van der Waals surface area contributed by atoms with Gasteiger partial charge < -0.3 is 4.42 Å². The third-order valence-electron chi connectivity index (χ3n) is 3.32. The third kappa shape index (κ3) is 2.73. The van der Waals surface area contributed by atoms with Crippen molar-refractivity contribution in [2.75, 3.05) is 7.05 Å². The molecular weight excluding hydrogens is 202 g/mol. The van der Waals surface area contributed by atoms with Gasteiger partial charge in [-0.15, -0.1) is 0 Å². The van der Waals surface area contributed by atoms with Gasteiger partial charge in [0, 0.05) is 18.5 Å². The van der Waals surface area contributed by atoms with Crippen molar-refractivity contribution in [1.29, 1.82) is 0 Å². The monoisotopic (exact) mass is 221 g/mol. The molecule has 2 rings (SSSR count). The normalized spacial score (nSPS) is 22.4. The molecule has 3 heteroatoms. The van der Waals surface area contributed by atoms with Crippen LogP contribution in [0.1, 0.15) is 37.7 Å². The van der Waals surface area contributed by atoms with Crippen molar-refractivity contribution >= 4 is 5.78 Å². The van der Waals surface area contributed by atoms with E-state index in [9.17, 15) is 4.79 Å². The second kappa shape index (κ2) is 5.30. The number of hydrogen-bond donors (Lipinski definition) is 0. The van der Waals surface area contributed by atoms with Crippen LogP contribution in [0.4, 0.5) is 0 Å². The molecule has 1 atom stereocenters. The molecule has 1 heterocycles. The highest BCUT2D eigenvalue weighted by molar-refractivity contribution is 5.84. The van der Waals surface area contributed by atoms with Crippen LogP contribution >= 0.6 is 0 Å². The van der Waals surface area contributed by atoms with E-state index in [0.717, 1.165) is 31.4 Å². The Bertz CT molecular complexity index is 332. The zero-order chi connectivity index (χ0) is 11.4. The molecule has 0 aromatic carbocycles. The summed E-state index contributed by atoms with van der Waals surface area (Å²) < 4.78 is 5.04. The molecule has 0 aliphatic heterocycles. The van der Waals surface area contributed by atoms with Crippen molar-refractivity contribution in [3.8, 4) is 0 Å². The average molecular weight is 221 g/mol. The Morgan fingerprint density at radius 2 is 2.31 bits per heavy atom. The predicted octanol–water partition coefficient (Wildman–Crippen LogP) is 2.61. The summed E-state index contributed by atoms with van der Waals surface area (Å²) in [6, 6.07) is 2.06.